The minimum Gasteiger partial charge on any atom is -0.507 e. The zero-order chi connectivity index (χ0) is 21.1. The maximum Gasteiger partial charge on any atom is 0.128 e. The Hall–Kier alpha value is -1.51. The molecule has 0 saturated heterocycles. The molecule has 2 aromatic rings. The van der Waals surface area contributed by atoms with Gasteiger partial charge in [-0.1, -0.05) is 84.7 Å². The van der Waals surface area contributed by atoms with Gasteiger partial charge in [-0.2, -0.15) is 0 Å². The normalized spacial score (nSPS) is 12.4. The Bertz CT molecular complexity index is 795. The highest BCUT2D eigenvalue weighted by Crippen LogP contribution is 2.45. The summed E-state index contributed by atoms with van der Waals surface area (Å²) in [5.74, 6) is 0.392. The standard InChI is InChI=1S/C25H36ClNO/c1-8-9-14-27-16-19-20(24(2,3)4)15-21(25(5,6)7)22(23(19)28)17-10-12-18(26)13-11-17/h10-13,15,27-28H,8-9,14,16H2,1-7H3. The molecule has 28 heavy (non-hydrogen) atoms. The molecule has 0 heterocycles. The van der Waals surface area contributed by atoms with Crippen LogP contribution in [0, 0.1) is 0 Å². The number of halogens is 1. The van der Waals surface area contributed by atoms with E-state index in [1.807, 2.05) is 24.3 Å². The lowest BCUT2D eigenvalue weighted by Gasteiger charge is -2.31. The molecule has 0 aliphatic heterocycles. The van der Waals surface area contributed by atoms with Gasteiger partial charge in [0.05, 0.1) is 0 Å². The van der Waals surface area contributed by atoms with Crippen molar-refractivity contribution in [3.63, 3.8) is 0 Å². The third-order valence-electron chi connectivity index (χ3n) is 5.16. The summed E-state index contributed by atoms with van der Waals surface area (Å²) in [4.78, 5) is 0. The molecule has 154 valence electrons. The molecule has 0 radical (unpaired) electrons. The van der Waals surface area contributed by atoms with E-state index in [1.165, 1.54) is 5.56 Å². The van der Waals surface area contributed by atoms with E-state index in [9.17, 15) is 5.11 Å². The topological polar surface area (TPSA) is 32.3 Å². The van der Waals surface area contributed by atoms with Crippen LogP contribution in [0.5, 0.6) is 5.75 Å². The molecule has 0 aliphatic carbocycles. The summed E-state index contributed by atoms with van der Waals surface area (Å²) >= 11 is 6.11. The summed E-state index contributed by atoms with van der Waals surface area (Å²) in [5.41, 5.74) is 5.14. The molecule has 0 spiro atoms. The number of hydrogen-bond donors (Lipinski definition) is 2. The van der Waals surface area contributed by atoms with Crippen LogP contribution in [0.25, 0.3) is 11.1 Å². The molecule has 0 saturated carbocycles. The number of nitrogens with one attached hydrogen (secondary N) is 1. The first kappa shape index (κ1) is 22.8. The van der Waals surface area contributed by atoms with Crippen molar-refractivity contribution in [2.45, 2.75) is 78.7 Å². The number of unbranched alkanes of at least 4 members (excludes halogenated alkanes) is 1. The molecule has 0 fully saturated rings. The van der Waals surface area contributed by atoms with E-state index in [-0.39, 0.29) is 10.8 Å². The number of rotatable bonds is 6. The van der Waals surface area contributed by atoms with Gasteiger partial charge in [0.15, 0.2) is 0 Å². The first-order valence-electron chi connectivity index (χ1n) is 10.3. The van der Waals surface area contributed by atoms with Crippen molar-refractivity contribution >= 4 is 11.6 Å². The summed E-state index contributed by atoms with van der Waals surface area (Å²) in [6.07, 6.45) is 2.29. The van der Waals surface area contributed by atoms with Crippen LogP contribution in [-0.4, -0.2) is 11.7 Å². The number of benzene rings is 2. The molecule has 2 aromatic carbocycles. The van der Waals surface area contributed by atoms with Crippen LogP contribution in [-0.2, 0) is 17.4 Å². The van der Waals surface area contributed by atoms with Gasteiger partial charge in [0.1, 0.15) is 5.75 Å². The van der Waals surface area contributed by atoms with E-state index in [4.69, 9.17) is 11.6 Å². The van der Waals surface area contributed by atoms with Gasteiger partial charge in [-0.25, -0.2) is 0 Å². The average Bonchev–Trinajstić information content (AvgIpc) is 2.58. The lowest BCUT2D eigenvalue weighted by molar-refractivity contribution is 0.454. The molecule has 2 rings (SSSR count). The quantitative estimate of drug-likeness (QED) is 0.501. The monoisotopic (exact) mass is 401 g/mol. The van der Waals surface area contributed by atoms with E-state index in [2.05, 4.69) is 59.8 Å². The van der Waals surface area contributed by atoms with Crippen LogP contribution in [0.15, 0.2) is 30.3 Å². The summed E-state index contributed by atoms with van der Waals surface area (Å²) in [6.45, 7) is 17.1. The molecule has 0 unspecified atom stereocenters. The van der Waals surface area contributed by atoms with Crippen molar-refractivity contribution in [1.82, 2.24) is 5.32 Å². The van der Waals surface area contributed by atoms with E-state index >= 15 is 0 Å². The van der Waals surface area contributed by atoms with Gasteiger partial charge in [-0.05, 0) is 52.6 Å². The molecule has 0 amide bonds. The molecule has 0 bridgehead atoms. The second-order valence-corrected chi connectivity index (χ2v) is 10.1. The Labute approximate surface area is 176 Å². The van der Waals surface area contributed by atoms with Crippen molar-refractivity contribution in [2.24, 2.45) is 0 Å². The first-order chi connectivity index (χ1) is 13.0. The fraction of sp³-hybridized carbons (Fsp3) is 0.520. The molecule has 0 aliphatic rings. The minimum absolute atomic E-state index is 0.0578. The van der Waals surface area contributed by atoms with Crippen molar-refractivity contribution in [3.8, 4) is 16.9 Å². The molecule has 3 heteroatoms. The van der Waals surface area contributed by atoms with Gasteiger partial charge < -0.3 is 10.4 Å². The lowest BCUT2D eigenvalue weighted by atomic mass is 9.74. The van der Waals surface area contributed by atoms with Gasteiger partial charge in [-0.15, -0.1) is 0 Å². The van der Waals surface area contributed by atoms with Crippen LogP contribution in [0.2, 0.25) is 5.02 Å². The van der Waals surface area contributed by atoms with Crippen LogP contribution in [0.1, 0.15) is 78.0 Å². The highest BCUT2D eigenvalue weighted by Gasteiger charge is 2.29. The summed E-state index contributed by atoms with van der Waals surface area (Å²) in [6, 6.07) is 10.1. The molecule has 2 N–H and O–H groups in total. The largest absolute Gasteiger partial charge is 0.507 e. The van der Waals surface area contributed by atoms with E-state index in [0.717, 1.165) is 41.6 Å². The maximum atomic E-state index is 11.5. The third kappa shape index (κ3) is 5.30. The predicted octanol–water partition coefficient (Wildman–Crippen LogP) is 7.20. The molecule has 0 aromatic heterocycles. The molecule has 0 atom stereocenters. The van der Waals surface area contributed by atoms with Gasteiger partial charge >= 0.3 is 0 Å². The Morgan fingerprint density at radius 2 is 1.50 bits per heavy atom. The summed E-state index contributed by atoms with van der Waals surface area (Å²) < 4.78 is 0. The fourth-order valence-electron chi connectivity index (χ4n) is 3.57. The smallest absolute Gasteiger partial charge is 0.128 e. The second-order valence-electron chi connectivity index (χ2n) is 9.71. The van der Waals surface area contributed by atoms with Gasteiger partial charge in [-0.3, -0.25) is 0 Å². The number of phenolic OH excluding ortho intramolecular Hbond substituents is 1. The van der Waals surface area contributed by atoms with Crippen LogP contribution in [0.3, 0.4) is 0 Å². The van der Waals surface area contributed by atoms with E-state index in [0.29, 0.717) is 17.3 Å². The van der Waals surface area contributed by atoms with Crippen molar-refractivity contribution in [2.75, 3.05) is 6.54 Å². The van der Waals surface area contributed by atoms with Crippen molar-refractivity contribution < 1.29 is 5.11 Å². The average molecular weight is 402 g/mol. The van der Waals surface area contributed by atoms with E-state index < -0.39 is 0 Å². The van der Waals surface area contributed by atoms with E-state index in [1.54, 1.807) is 0 Å². The molecule has 2 nitrogen and oxygen atoms in total. The summed E-state index contributed by atoms with van der Waals surface area (Å²) in [5, 5.41) is 15.7. The van der Waals surface area contributed by atoms with Gasteiger partial charge in [0, 0.05) is 22.7 Å². The molecular formula is C25H36ClNO. The SMILES string of the molecule is CCCCNCc1c(C(C)(C)C)cc(C(C)(C)C)c(-c2ccc(Cl)cc2)c1O. The number of phenols is 1. The van der Waals surface area contributed by atoms with Gasteiger partial charge in [0.2, 0.25) is 0 Å². The Morgan fingerprint density at radius 3 is 2.00 bits per heavy atom. The zero-order valence-electron chi connectivity index (χ0n) is 18.5. The number of aromatic hydroxyl groups is 1. The zero-order valence-corrected chi connectivity index (χ0v) is 19.3. The van der Waals surface area contributed by atoms with Crippen molar-refractivity contribution in [3.05, 3.63) is 52.0 Å². The Balaban J connectivity index is 2.72. The van der Waals surface area contributed by atoms with Crippen LogP contribution >= 0.6 is 11.6 Å². The lowest BCUT2D eigenvalue weighted by Crippen LogP contribution is -2.23. The van der Waals surface area contributed by atoms with Crippen molar-refractivity contribution in [1.29, 1.82) is 0 Å². The maximum absolute atomic E-state index is 11.5. The minimum atomic E-state index is -0.0966. The summed E-state index contributed by atoms with van der Waals surface area (Å²) in [7, 11) is 0. The highest BCUT2D eigenvalue weighted by atomic mass is 35.5. The van der Waals surface area contributed by atoms with Crippen LogP contribution < -0.4 is 5.32 Å². The fourth-order valence-corrected chi connectivity index (χ4v) is 3.70. The van der Waals surface area contributed by atoms with Gasteiger partial charge in [0.25, 0.3) is 0 Å². The Morgan fingerprint density at radius 1 is 0.929 bits per heavy atom. The first-order valence-corrected chi connectivity index (χ1v) is 10.7. The Kier molecular flexibility index (Phi) is 7.22. The predicted molar refractivity (Wildman–Crippen MR) is 123 cm³/mol. The number of hydrogen-bond acceptors (Lipinski definition) is 2. The third-order valence-corrected chi connectivity index (χ3v) is 5.42. The highest BCUT2D eigenvalue weighted by molar-refractivity contribution is 6.30. The van der Waals surface area contributed by atoms with Crippen LogP contribution in [0.4, 0.5) is 0 Å². The molecular weight excluding hydrogens is 366 g/mol. The second kappa shape index (κ2) is 8.88.